The van der Waals surface area contributed by atoms with Crippen LogP contribution in [0.4, 0.5) is 13.2 Å². The van der Waals surface area contributed by atoms with Gasteiger partial charge in [0.2, 0.25) is 5.01 Å². The number of halogens is 3. The lowest BCUT2D eigenvalue weighted by Crippen LogP contribution is -2.03. The second-order valence-corrected chi connectivity index (χ2v) is 3.24. The standard InChI is InChI=1S/C5H6F3N3S/c1-2(9)3-10-11-4(12-3)5(6,7)8/h2H,9H2,1H3/t2-/m1/s1. The summed E-state index contributed by atoms with van der Waals surface area (Å²) in [7, 11) is 0. The van der Waals surface area contributed by atoms with Crippen molar-refractivity contribution >= 4 is 11.3 Å². The van der Waals surface area contributed by atoms with Crippen molar-refractivity contribution in [3.05, 3.63) is 10.0 Å². The number of hydrogen-bond acceptors (Lipinski definition) is 4. The molecule has 1 aromatic heterocycles. The first-order chi connectivity index (χ1) is 5.41. The summed E-state index contributed by atoms with van der Waals surface area (Å²) in [6, 6.07) is -0.501. The zero-order valence-corrected chi connectivity index (χ0v) is 6.91. The smallest absolute Gasteiger partial charge is 0.322 e. The molecule has 12 heavy (non-hydrogen) atoms. The van der Waals surface area contributed by atoms with Gasteiger partial charge in [0, 0.05) is 0 Å². The molecule has 0 fully saturated rings. The Bertz CT molecular complexity index is 267. The van der Waals surface area contributed by atoms with Crippen LogP contribution in [-0.2, 0) is 6.18 Å². The Kier molecular flexibility index (Phi) is 2.34. The van der Waals surface area contributed by atoms with Crippen LogP contribution in [-0.4, -0.2) is 10.2 Å². The first kappa shape index (κ1) is 9.40. The van der Waals surface area contributed by atoms with Gasteiger partial charge < -0.3 is 5.73 Å². The molecule has 3 nitrogen and oxygen atoms in total. The van der Waals surface area contributed by atoms with Crippen LogP contribution in [0.15, 0.2) is 0 Å². The zero-order valence-electron chi connectivity index (χ0n) is 6.09. The Morgan fingerprint density at radius 3 is 2.25 bits per heavy atom. The molecule has 0 spiro atoms. The summed E-state index contributed by atoms with van der Waals surface area (Å²) in [4.78, 5) is 0. The van der Waals surface area contributed by atoms with Gasteiger partial charge in [-0.25, -0.2) is 0 Å². The van der Waals surface area contributed by atoms with Crippen LogP contribution in [0, 0.1) is 0 Å². The molecule has 0 amide bonds. The lowest BCUT2D eigenvalue weighted by atomic mass is 10.4. The molecular formula is C5H6F3N3S. The van der Waals surface area contributed by atoms with Gasteiger partial charge in [-0.2, -0.15) is 13.2 Å². The van der Waals surface area contributed by atoms with Gasteiger partial charge in [-0.3, -0.25) is 0 Å². The largest absolute Gasteiger partial charge is 0.445 e. The molecule has 1 heterocycles. The number of alkyl halides is 3. The highest BCUT2D eigenvalue weighted by Gasteiger charge is 2.35. The van der Waals surface area contributed by atoms with Crippen molar-refractivity contribution in [3.63, 3.8) is 0 Å². The lowest BCUT2D eigenvalue weighted by Gasteiger charge is -1.98. The normalized spacial score (nSPS) is 14.8. The van der Waals surface area contributed by atoms with Crippen molar-refractivity contribution in [2.45, 2.75) is 19.1 Å². The van der Waals surface area contributed by atoms with E-state index in [0.717, 1.165) is 0 Å². The van der Waals surface area contributed by atoms with Gasteiger partial charge in [0.05, 0.1) is 6.04 Å². The molecule has 1 rings (SSSR count). The predicted molar refractivity (Wildman–Crippen MR) is 37.5 cm³/mol. The monoisotopic (exact) mass is 197 g/mol. The van der Waals surface area contributed by atoms with E-state index in [0.29, 0.717) is 11.3 Å². The number of aromatic nitrogens is 2. The lowest BCUT2D eigenvalue weighted by molar-refractivity contribution is -0.138. The first-order valence-corrected chi connectivity index (χ1v) is 3.89. The zero-order chi connectivity index (χ0) is 9.35. The van der Waals surface area contributed by atoms with E-state index in [-0.39, 0.29) is 5.01 Å². The topological polar surface area (TPSA) is 51.8 Å². The van der Waals surface area contributed by atoms with Crippen LogP contribution in [0.2, 0.25) is 0 Å². The van der Waals surface area contributed by atoms with Crippen molar-refractivity contribution in [2.75, 3.05) is 0 Å². The highest BCUT2D eigenvalue weighted by molar-refractivity contribution is 7.11. The summed E-state index contributed by atoms with van der Waals surface area (Å²) in [6.07, 6.45) is -4.41. The first-order valence-electron chi connectivity index (χ1n) is 3.07. The molecular weight excluding hydrogens is 191 g/mol. The molecule has 0 aromatic carbocycles. The van der Waals surface area contributed by atoms with Gasteiger partial charge in [0.15, 0.2) is 0 Å². The molecule has 1 aromatic rings. The van der Waals surface area contributed by atoms with Crippen LogP contribution >= 0.6 is 11.3 Å². The molecule has 1 atom stereocenters. The molecule has 0 saturated carbocycles. The molecule has 68 valence electrons. The third-order valence-electron chi connectivity index (χ3n) is 1.07. The number of hydrogen-bond donors (Lipinski definition) is 1. The van der Waals surface area contributed by atoms with Crippen LogP contribution in [0.25, 0.3) is 0 Å². The molecule has 0 saturated heterocycles. The average molecular weight is 197 g/mol. The van der Waals surface area contributed by atoms with E-state index in [9.17, 15) is 13.2 Å². The Labute approximate surface area is 70.4 Å². The van der Waals surface area contributed by atoms with Crippen LogP contribution in [0.3, 0.4) is 0 Å². The minimum Gasteiger partial charge on any atom is -0.322 e. The van der Waals surface area contributed by atoms with E-state index in [1.807, 2.05) is 0 Å². The van der Waals surface area contributed by atoms with E-state index in [1.54, 1.807) is 6.92 Å². The van der Waals surface area contributed by atoms with Crippen LogP contribution in [0.5, 0.6) is 0 Å². The highest BCUT2D eigenvalue weighted by Crippen LogP contribution is 2.32. The Morgan fingerprint density at radius 2 is 2.00 bits per heavy atom. The summed E-state index contributed by atoms with van der Waals surface area (Å²) in [5, 5.41) is 5.53. The third kappa shape index (κ3) is 1.92. The summed E-state index contributed by atoms with van der Waals surface area (Å²) in [6.45, 7) is 1.56. The molecule has 7 heteroatoms. The maximum atomic E-state index is 11.9. The van der Waals surface area contributed by atoms with E-state index in [2.05, 4.69) is 10.2 Å². The van der Waals surface area contributed by atoms with E-state index < -0.39 is 17.2 Å². The fourth-order valence-electron chi connectivity index (χ4n) is 0.533. The summed E-state index contributed by atoms with van der Waals surface area (Å²) in [5.41, 5.74) is 5.31. The minimum absolute atomic E-state index is 0.197. The molecule has 0 unspecified atom stereocenters. The van der Waals surface area contributed by atoms with Gasteiger partial charge in [0.1, 0.15) is 5.01 Å². The van der Waals surface area contributed by atoms with E-state index >= 15 is 0 Å². The quantitative estimate of drug-likeness (QED) is 0.743. The predicted octanol–water partition coefficient (Wildman–Crippen LogP) is 1.58. The van der Waals surface area contributed by atoms with Gasteiger partial charge in [-0.1, -0.05) is 11.3 Å². The van der Waals surface area contributed by atoms with Crippen LogP contribution in [0.1, 0.15) is 23.0 Å². The van der Waals surface area contributed by atoms with Crippen molar-refractivity contribution in [3.8, 4) is 0 Å². The van der Waals surface area contributed by atoms with Crippen molar-refractivity contribution in [2.24, 2.45) is 5.73 Å². The molecule has 0 aliphatic carbocycles. The Morgan fingerprint density at radius 1 is 1.42 bits per heavy atom. The van der Waals surface area contributed by atoms with Gasteiger partial charge >= 0.3 is 6.18 Å². The SMILES string of the molecule is C[C@@H](N)c1nnc(C(F)(F)F)s1. The highest BCUT2D eigenvalue weighted by atomic mass is 32.1. The fourth-order valence-corrected chi connectivity index (χ4v) is 1.20. The second-order valence-electron chi connectivity index (χ2n) is 2.23. The fraction of sp³-hybridized carbons (Fsp3) is 0.600. The maximum Gasteiger partial charge on any atom is 0.445 e. The van der Waals surface area contributed by atoms with Crippen molar-refractivity contribution in [1.29, 1.82) is 0 Å². The number of nitrogens with two attached hydrogens (primary N) is 1. The van der Waals surface area contributed by atoms with Gasteiger partial charge in [-0.15, -0.1) is 10.2 Å². The van der Waals surface area contributed by atoms with E-state index in [1.165, 1.54) is 0 Å². The molecule has 0 radical (unpaired) electrons. The van der Waals surface area contributed by atoms with Crippen LogP contribution < -0.4 is 5.73 Å². The minimum atomic E-state index is -4.41. The summed E-state index contributed by atoms with van der Waals surface area (Å²) >= 11 is 0.476. The Balaban J connectivity index is 2.92. The van der Waals surface area contributed by atoms with Crippen molar-refractivity contribution in [1.82, 2.24) is 10.2 Å². The molecule has 2 N–H and O–H groups in total. The summed E-state index contributed by atoms with van der Waals surface area (Å²) < 4.78 is 35.8. The van der Waals surface area contributed by atoms with E-state index in [4.69, 9.17) is 5.73 Å². The average Bonchev–Trinajstić information content (AvgIpc) is 2.30. The van der Waals surface area contributed by atoms with Gasteiger partial charge in [0.25, 0.3) is 0 Å². The maximum absolute atomic E-state index is 11.9. The number of rotatable bonds is 1. The van der Waals surface area contributed by atoms with Gasteiger partial charge in [-0.05, 0) is 6.92 Å². The second kappa shape index (κ2) is 2.98. The molecule has 0 aliphatic heterocycles. The molecule has 0 aliphatic rings. The Hall–Kier alpha value is -0.690. The third-order valence-corrected chi connectivity index (χ3v) is 2.24. The molecule has 0 bridgehead atoms. The number of nitrogens with zero attached hydrogens (tertiary/aromatic N) is 2. The van der Waals surface area contributed by atoms with Crippen molar-refractivity contribution < 1.29 is 13.2 Å². The summed E-state index contributed by atoms with van der Waals surface area (Å²) in [5.74, 6) is 0.